The van der Waals surface area contributed by atoms with E-state index in [0.717, 1.165) is 33.3 Å². The van der Waals surface area contributed by atoms with E-state index >= 15 is 0 Å². The second-order valence-corrected chi connectivity index (χ2v) is 10.4. The summed E-state index contributed by atoms with van der Waals surface area (Å²) < 4.78 is 7.47. The van der Waals surface area contributed by atoms with Gasteiger partial charge < -0.3 is 19.6 Å². The molecule has 214 valence electrons. The molecule has 2 aromatic heterocycles. The van der Waals surface area contributed by atoms with E-state index in [1.54, 1.807) is 18.5 Å². The van der Waals surface area contributed by atoms with Crippen LogP contribution in [-0.4, -0.2) is 38.8 Å². The summed E-state index contributed by atoms with van der Waals surface area (Å²) in [5.41, 5.74) is 7.89. The Labute approximate surface area is 252 Å². The zero-order valence-corrected chi connectivity index (χ0v) is 24.2. The number of imidazole rings is 1. The first-order chi connectivity index (χ1) is 20.4. The normalized spacial score (nSPS) is 12.0. The lowest BCUT2D eigenvalue weighted by Crippen LogP contribution is -2.47. The minimum atomic E-state index is -0.956. The van der Waals surface area contributed by atoms with Crippen molar-refractivity contribution >= 4 is 52.3 Å². The van der Waals surface area contributed by atoms with Crippen LogP contribution in [0.4, 0.5) is 4.79 Å². The van der Waals surface area contributed by atoms with Crippen LogP contribution in [0.25, 0.3) is 10.9 Å². The number of fused-ring (bicyclic) bond motifs is 1. The third kappa shape index (κ3) is 6.99. The van der Waals surface area contributed by atoms with Crippen LogP contribution >= 0.6 is 23.2 Å². The lowest BCUT2D eigenvalue weighted by Gasteiger charge is -2.16. The summed E-state index contributed by atoms with van der Waals surface area (Å²) in [5.74, 6) is -0.505. The number of rotatable bonds is 10. The van der Waals surface area contributed by atoms with Gasteiger partial charge in [0.15, 0.2) is 0 Å². The van der Waals surface area contributed by atoms with Gasteiger partial charge in [-0.05, 0) is 36.2 Å². The summed E-state index contributed by atoms with van der Waals surface area (Å²) in [6, 6.07) is 21.9. The van der Waals surface area contributed by atoms with Crippen LogP contribution in [0.1, 0.15) is 28.1 Å². The third-order valence-electron chi connectivity index (χ3n) is 6.77. The number of alkyl carbamates (subject to hydrolysis) is 1. The highest BCUT2D eigenvalue weighted by Gasteiger charge is 2.23. The Kier molecular flexibility index (Phi) is 9.21. The molecular formula is C31H28Cl2N6O3. The van der Waals surface area contributed by atoms with Gasteiger partial charge in [-0.2, -0.15) is 5.10 Å². The number of H-pyrrole nitrogens is 1. The Hall–Kier alpha value is -4.60. The van der Waals surface area contributed by atoms with Gasteiger partial charge in [0.2, 0.25) is 0 Å². The molecule has 0 aliphatic heterocycles. The summed E-state index contributed by atoms with van der Waals surface area (Å²) in [6.45, 7) is 2.64. The number of ether oxygens (including phenoxy) is 1. The highest BCUT2D eigenvalue weighted by molar-refractivity contribution is 6.42. The molecule has 0 fully saturated rings. The number of hydrogen-bond acceptors (Lipinski definition) is 5. The Morgan fingerprint density at radius 1 is 1.05 bits per heavy atom. The van der Waals surface area contributed by atoms with Gasteiger partial charge in [0.25, 0.3) is 5.91 Å². The van der Waals surface area contributed by atoms with Crippen LogP contribution in [-0.2, 0) is 29.1 Å². The molecule has 2 amide bonds. The molecule has 0 aliphatic rings. The summed E-state index contributed by atoms with van der Waals surface area (Å²) in [5, 5.41) is 8.87. The van der Waals surface area contributed by atoms with Crippen molar-refractivity contribution in [3.63, 3.8) is 0 Å². The van der Waals surface area contributed by atoms with Crippen LogP contribution in [0.3, 0.4) is 0 Å². The number of para-hydroxylation sites is 1. The van der Waals surface area contributed by atoms with Crippen molar-refractivity contribution < 1.29 is 14.3 Å². The van der Waals surface area contributed by atoms with E-state index in [-0.39, 0.29) is 13.0 Å². The first kappa shape index (κ1) is 28.9. The number of aromatic amines is 1. The topological polar surface area (TPSA) is 113 Å². The number of nitrogens with zero attached hydrogens (tertiary/aromatic N) is 3. The van der Waals surface area contributed by atoms with Crippen LogP contribution in [0.5, 0.6) is 0 Å². The molecule has 0 aliphatic carbocycles. The highest BCUT2D eigenvalue weighted by Crippen LogP contribution is 2.28. The van der Waals surface area contributed by atoms with E-state index in [4.69, 9.17) is 27.9 Å². The molecule has 0 spiro atoms. The van der Waals surface area contributed by atoms with Crippen molar-refractivity contribution in [3.8, 4) is 0 Å². The molecule has 1 atom stereocenters. The lowest BCUT2D eigenvalue weighted by atomic mass is 10.1. The molecule has 3 aromatic carbocycles. The van der Waals surface area contributed by atoms with Crippen LogP contribution < -0.4 is 10.7 Å². The molecule has 0 radical (unpaired) electrons. The van der Waals surface area contributed by atoms with Crippen molar-refractivity contribution in [2.24, 2.45) is 5.10 Å². The number of hydrazone groups is 1. The molecule has 5 rings (SSSR count). The Morgan fingerprint density at radius 2 is 1.83 bits per heavy atom. The molecule has 2 heterocycles. The van der Waals surface area contributed by atoms with Crippen molar-refractivity contribution in [2.75, 3.05) is 0 Å². The zero-order chi connectivity index (χ0) is 29.5. The molecule has 0 bridgehead atoms. The van der Waals surface area contributed by atoms with Gasteiger partial charge in [-0.25, -0.2) is 15.2 Å². The van der Waals surface area contributed by atoms with Crippen molar-refractivity contribution in [3.05, 3.63) is 123 Å². The third-order valence-corrected chi connectivity index (χ3v) is 7.51. The van der Waals surface area contributed by atoms with Gasteiger partial charge in [-0.15, -0.1) is 0 Å². The predicted octanol–water partition coefficient (Wildman–Crippen LogP) is 6.02. The summed E-state index contributed by atoms with van der Waals surface area (Å²) in [6.07, 6.45) is 4.16. The minimum absolute atomic E-state index is 0.0782. The van der Waals surface area contributed by atoms with Gasteiger partial charge in [-0.3, -0.25) is 4.79 Å². The van der Waals surface area contributed by atoms with E-state index in [1.165, 1.54) is 6.33 Å². The molecule has 11 heteroatoms. The van der Waals surface area contributed by atoms with Crippen LogP contribution in [0.2, 0.25) is 10.0 Å². The standard InChI is InChI=1S/C31H28Cl2N6O3/c1-20-25(24-9-5-6-10-29(24)39(20)17-22-11-12-26(32)27(33)13-22)16-36-38-30(40)28(14-23-15-34-19-35-23)37-31(41)42-18-21-7-3-2-4-8-21/h2-13,15-16,19,28H,14,17-18H2,1H3,(H,34,35)(H,37,41)(H,38,40)/b36-16-/t28-/m0/s1. The van der Waals surface area contributed by atoms with Crippen molar-refractivity contribution in [1.29, 1.82) is 0 Å². The number of benzene rings is 3. The van der Waals surface area contributed by atoms with E-state index in [1.807, 2.05) is 73.7 Å². The van der Waals surface area contributed by atoms with E-state index in [2.05, 4.69) is 30.4 Å². The first-order valence-electron chi connectivity index (χ1n) is 13.2. The van der Waals surface area contributed by atoms with Gasteiger partial charge in [-0.1, -0.05) is 77.8 Å². The summed E-state index contributed by atoms with van der Waals surface area (Å²) in [4.78, 5) is 32.7. The second kappa shape index (κ2) is 13.4. The first-order valence-corrected chi connectivity index (χ1v) is 13.9. The van der Waals surface area contributed by atoms with Gasteiger partial charge >= 0.3 is 6.09 Å². The quantitative estimate of drug-likeness (QED) is 0.134. The highest BCUT2D eigenvalue weighted by atomic mass is 35.5. The van der Waals surface area contributed by atoms with Gasteiger partial charge in [0.1, 0.15) is 12.6 Å². The Bertz CT molecular complexity index is 1720. The summed E-state index contributed by atoms with van der Waals surface area (Å²) in [7, 11) is 0. The molecule has 3 N–H and O–H groups in total. The van der Waals surface area contributed by atoms with E-state index in [0.29, 0.717) is 22.3 Å². The monoisotopic (exact) mass is 602 g/mol. The van der Waals surface area contributed by atoms with Gasteiger partial charge in [0.05, 0.1) is 22.6 Å². The maximum atomic E-state index is 13.2. The number of hydrogen-bond donors (Lipinski definition) is 3. The molecule has 0 saturated heterocycles. The molecule has 5 aromatic rings. The molecule has 9 nitrogen and oxygen atoms in total. The molecule has 0 unspecified atom stereocenters. The largest absolute Gasteiger partial charge is 0.445 e. The number of halogens is 2. The number of carbonyl (C=O) groups excluding carboxylic acids is 2. The zero-order valence-electron chi connectivity index (χ0n) is 22.7. The van der Waals surface area contributed by atoms with Crippen LogP contribution in [0, 0.1) is 6.92 Å². The second-order valence-electron chi connectivity index (χ2n) is 9.62. The Balaban J connectivity index is 1.31. The molecular weight excluding hydrogens is 575 g/mol. The van der Waals surface area contributed by atoms with Crippen LogP contribution in [0.15, 0.2) is 90.4 Å². The van der Waals surface area contributed by atoms with Gasteiger partial charge in [0, 0.05) is 47.0 Å². The van der Waals surface area contributed by atoms with E-state index in [9.17, 15) is 9.59 Å². The average molecular weight is 604 g/mol. The van der Waals surface area contributed by atoms with E-state index < -0.39 is 18.0 Å². The maximum absolute atomic E-state index is 13.2. The Morgan fingerprint density at radius 3 is 2.60 bits per heavy atom. The summed E-state index contributed by atoms with van der Waals surface area (Å²) >= 11 is 12.3. The SMILES string of the molecule is Cc1c(/C=N\NC(=O)[C@H](Cc2cnc[nH]2)NC(=O)OCc2ccccc2)c2ccccc2n1Cc1ccc(Cl)c(Cl)c1. The average Bonchev–Trinajstić information content (AvgIpc) is 3.60. The molecule has 0 saturated carbocycles. The van der Waals surface area contributed by atoms with Crippen molar-refractivity contribution in [2.45, 2.75) is 32.5 Å². The maximum Gasteiger partial charge on any atom is 0.408 e. The number of carbonyl (C=O) groups is 2. The fraction of sp³-hybridized carbons (Fsp3) is 0.161. The predicted molar refractivity (Wildman–Crippen MR) is 164 cm³/mol. The number of aromatic nitrogens is 3. The smallest absolute Gasteiger partial charge is 0.408 e. The number of nitrogens with one attached hydrogen (secondary N) is 3. The lowest BCUT2D eigenvalue weighted by molar-refractivity contribution is -0.123. The van der Waals surface area contributed by atoms with Crippen molar-refractivity contribution in [1.82, 2.24) is 25.3 Å². The fourth-order valence-corrected chi connectivity index (χ4v) is 4.94. The molecule has 42 heavy (non-hydrogen) atoms. The fourth-order valence-electron chi connectivity index (χ4n) is 4.62. The minimum Gasteiger partial charge on any atom is -0.445 e. The number of amides is 2.